The number of hydrogen-bond acceptors (Lipinski definition) is 3. The van der Waals surface area contributed by atoms with E-state index in [9.17, 15) is 0 Å². The van der Waals surface area contributed by atoms with Gasteiger partial charge >= 0.3 is 0 Å². The molecule has 0 heterocycles. The minimum atomic E-state index is 0.214. The molecule has 96 valence electrons. The third-order valence-corrected chi connectivity index (χ3v) is 2.75. The Balaban J connectivity index is 2.77. The van der Waals surface area contributed by atoms with Crippen LogP contribution in [0.15, 0.2) is 24.3 Å². The molecule has 0 bridgehead atoms. The molecule has 0 saturated carbocycles. The largest absolute Gasteiger partial charge is 0.491 e. The maximum absolute atomic E-state index is 5.72. The second-order valence-electron chi connectivity index (χ2n) is 4.53. The minimum absolute atomic E-state index is 0.214. The number of ether oxygens (including phenoxy) is 1. The van der Waals surface area contributed by atoms with Crippen molar-refractivity contribution >= 4 is 5.69 Å². The summed E-state index contributed by atoms with van der Waals surface area (Å²) in [6.45, 7) is 9.97. The van der Waals surface area contributed by atoms with Gasteiger partial charge < -0.3 is 15.4 Å². The van der Waals surface area contributed by atoms with Crippen LogP contribution >= 0.6 is 0 Å². The van der Waals surface area contributed by atoms with E-state index in [1.165, 1.54) is 5.69 Å². The summed E-state index contributed by atoms with van der Waals surface area (Å²) < 4.78 is 5.63. The summed E-state index contributed by atoms with van der Waals surface area (Å²) in [6.07, 6.45) is 0.214. The number of hydrogen-bond donors (Lipinski definition) is 1. The lowest BCUT2D eigenvalue weighted by Crippen LogP contribution is -2.38. The average molecular weight is 236 g/mol. The third kappa shape index (κ3) is 3.93. The molecule has 0 aromatic heterocycles. The van der Waals surface area contributed by atoms with Gasteiger partial charge in [0.1, 0.15) is 5.75 Å². The van der Waals surface area contributed by atoms with Crippen LogP contribution in [0.4, 0.5) is 5.69 Å². The fourth-order valence-corrected chi connectivity index (χ4v) is 1.86. The Hall–Kier alpha value is -1.22. The molecule has 0 saturated heterocycles. The molecule has 1 atom stereocenters. The Bertz CT molecular complexity index is 321. The maximum atomic E-state index is 5.72. The zero-order chi connectivity index (χ0) is 12.8. The van der Waals surface area contributed by atoms with E-state index in [2.05, 4.69) is 30.9 Å². The lowest BCUT2D eigenvalue weighted by Gasteiger charge is -2.29. The van der Waals surface area contributed by atoms with Crippen molar-refractivity contribution in [2.75, 3.05) is 18.0 Å². The fourth-order valence-electron chi connectivity index (χ4n) is 1.86. The van der Waals surface area contributed by atoms with Crippen molar-refractivity contribution in [2.24, 2.45) is 5.73 Å². The molecule has 3 heteroatoms. The van der Waals surface area contributed by atoms with Crippen LogP contribution in [0, 0.1) is 0 Å². The molecular weight excluding hydrogens is 212 g/mol. The number of anilines is 1. The van der Waals surface area contributed by atoms with Crippen LogP contribution in [0.2, 0.25) is 0 Å². The molecule has 0 aliphatic heterocycles. The topological polar surface area (TPSA) is 38.5 Å². The van der Waals surface area contributed by atoms with Gasteiger partial charge in [-0.1, -0.05) is 0 Å². The molecular formula is C14H24N2O. The van der Waals surface area contributed by atoms with Gasteiger partial charge in [-0.2, -0.15) is 0 Å². The quantitative estimate of drug-likeness (QED) is 0.825. The van der Waals surface area contributed by atoms with E-state index in [0.717, 1.165) is 12.3 Å². The second-order valence-corrected chi connectivity index (χ2v) is 4.53. The van der Waals surface area contributed by atoms with Gasteiger partial charge in [0, 0.05) is 24.8 Å². The lowest BCUT2D eigenvalue weighted by molar-refractivity contribution is 0.242. The molecule has 1 unspecified atom stereocenters. The van der Waals surface area contributed by atoms with Gasteiger partial charge in [-0.15, -0.1) is 0 Å². The Morgan fingerprint density at radius 1 is 1.18 bits per heavy atom. The van der Waals surface area contributed by atoms with Crippen LogP contribution in [0.25, 0.3) is 0 Å². The molecule has 0 radical (unpaired) electrons. The highest BCUT2D eigenvalue weighted by Crippen LogP contribution is 2.21. The standard InChI is InChI=1S/C14H24N2O/c1-5-16(12(4)10-15)13-6-8-14(9-7-13)17-11(2)3/h6-9,11-12H,5,10,15H2,1-4H3. The summed E-state index contributed by atoms with van der Waals surface area (Å²) in [5.74, 6) is 0.917. The monoisotopic (exact) mass is 236 g/mol. The van der Waals surface area contributed by atoms with Crippen molar-refractivity contribution in [3.63, 3.8) is 0 Å². The van der Waals surface area contributed by atoms with E-state index in [0.29, 0.717) is 12.6 Å². The zero-order valence-corrected chi connectivity index (χ0v) is 11.3. The summed E-state index contributed by atoms with van der Waals surface area (Å²) in [4.78, 5) is 2.29. The van der Waals surface area contributed by atoms with Gasteiger partial charge in [-0.25, -0.2) is 0 Å². The number of benzene rings is 1. The molecule has 1 rings (SSSR count). The molecule has 2 N–H and O–H groups in total. The van der Waals surface area contributed by atoms with Crippen molar-refractivity contribution in [2.45, 2.75) is 39.8 Å². The predicted octanol–water partition coefficient (Wildman–Crippen LogP) is 2.65. The third-order valence-electron chi connectivity index (χ3n) is 2.75. The summed E-state index contributed by atoms with van der Waals surface area (Å²) in [7, 11) is 0. The van der Waals surface area contributed by atoms with E-state index in [1.807, 2.05) is 26.0 Å². The first-order chi connectivity index (χ1) is 8.08. The first kappa shape index (κ1) is 13.8. The van der Waals surface area contributed by atoms with Crippen molar-refractivity contribution in [3.05, 3.63) is 24.3 Å². The smallest absolute Gasteiger partial charge is 0.119 e. The van der Waals surface area contributed by atoms with Crippen LogP contribution in [0.5, 0.6) is 5.75 Å². The molecule has 0 fully saturated rings. The molecule has 0 aliphatic carbocycles. The Morgan fingerprint density at radius 3 is 2.18 bits per heavy atom. The van der Waals surface area contributed by atoms with E-state index in [4.69, 9.17) is 10.5 Å². The van der Waals surface area contributed by atoms with Crippen molar-refractivity contribution in [1.82, 2.24) is 0 Å². The SMILES string of the molecule is CCN(c1ccc(OC(C)C)cc1)C(C)CN. The van der Waals surface area contributed by atoms with E-state index < -0.39 is 0 Å². The molecule has 0 amide bonds. The van der Waals surface area contributed by atoms with Gasteiger partial charge in [0.25, 0.3) is 0 Å². The van der Waals surface area contributed by atoms with Gasteiger partial charge in [0.05, 0.1) is 6.10 Å². The van der Waals surface area contributed by atoms with Gasteiger partial charge in [0.2, 0.25) is 0 Å². The molecule has 17 heavy (non-hydrogen) atoms. The van der Waals surface area contributed by atoms with E-state index in [-0.39, 0.29) is 6.10 Å². The zero-order valence-electron chi connectivity index (χ0n) is 11.3. The Labute approximate surface area is 105 Å². The van der Waals surface area contributed by atoms with Crippen LogP contribution in [-0.2, 0) is 0 Å². The summed E-state index contributed by atoms with van der Waals surface area (Å²) in [5.41, 5.74) is 6.91. The first-order valence-electron chi connectivity index (χ1n) is 6.31. The maximum Gasteiger partial charge on any atom is 0.119 e. The van der Waals surface area contributed by atoms with Crippen LogP contribution in [-0.4, -0.2) is 25.2 Å². The Kier molecular flexibility index (Phi) is 5.29. The van der Waals surface area contributed by atoms with E-state index in [1.54, 1.807) is 0 Å². The second kappa shape index (κ2) is 6.50. The lowest BCUT2D eigenvalue weighted by atomic mass is 10.2. The van der Waals surface area contributed by atoms with Crippen LogP contribution < -0.4 is 15.4 Å². The number of nitrogens with zero attached hydrogens (tertiary/aromatic N) is 1. The normalized spacial score (nSPS) is 12.6. The van der Waals surface area contributed by atoms with E-state index >= 15 is 0 Å². The molecule has 0 spiro atoms. The van der Waals surface area contributed by atoms with Gasteiger partial charge in [-0.05, 0) is 52.0 Å². The van der Waals surface area contributed by atoms with Crippen LogP contribution in [0.1, 0.15) is 27.7 Å². The summed E-state index contributed by atoms with van der Waals surface area (Å²) in [6, 6.07) is 8.57. The molecule has 0 aliphatic rings. The van der Waals surface area contributed by atoms with Crippen molar-refractivity contribution in [1.29, 1.82) is 0 Å². The van der Waals surface area contributed by atoms with Crippen molar-refractivity contribution in [3.8, 4) is 5.75 Å². The Morgan fingerprint density at radius 2 is 1.76 bits per heavy atom. The molecule has 1 aromatic rings. The summed E-state index contributed by atoms with van der Waals surface area (Å²) in [5, 5.41) is 0. The molecule has 3 nitrogen and oxygen atoms in total. The molecule has 1 aromatic carbocycles. The fraction of sp³-hybridized carbons (Fsp3) is 0.571. The highest BCUT2D eigenvalue weighted by atomic mass is 16.5. The van der Waals surface area contributed by atoms with Gasteiger partial charge in [0.15, 0.2) is 0 Å². The minimum Gasteiger partial charge on any atom is -0.491 e. The van der Waals surface area contributed by atoms with Crippen LogP contribution in [0.3, 0.4) is 0 Å². The highest BCUT2D eigenvalue weighted by molar-refractivity contribution is 5.49. The van der Waals surface area contributed by atoms with Gasteiger partial charge in [-0.3, -0.25) is 0 Å². The highest BCUT2D eigenvalue weighted by Gasteiger charge is 2.11. The number of nitrogens with two attached hydrogens (primary N) is 1. The van der Waals surface area contributed by atoms with Crippen molar-refractivity contribution < 1.29 is 4.74 Å². The predicted molar refractivity (Wildman–Crippen MR) is 73.7 cm³/mol. The average Bonchev–Trinajstić information content (AvgIpc) is 2.31. The summed E-state index contributed by atoms with van der Waals surface area (Å²) >= 11 is 0. The first-order valence-corrected chi connectivity index (χ1v) is 6.31. The number of rotatable bonds is 6. The number of likely N-dealkylation sites (N-methyl/N-ethyl adjacent to an activating group) is 1.